The van der Waals surface area contributed by atoms with E-state index in [-0.39, 0.29) is 0 Å². The average Bonchev–Trinajstić information content (AvgIpc) is 3.23. The molecular weight excluding hydrogens is 244 g/mol. The van der Waals surface area contributed by atoms with Crippen molar-refractivity contribution in [3.05, 3.63) is 0 Å². The topological polar surface area (TPSA) is 15.3 Å². The predicted molar refractivity (Wildman–Crippen MR) is 88.0 cm³/mol. The Balaban J connectivity index is 1.80. The molecule has 1 saturated carbocycles. The Labute approximate surface area is 126 Å². The normalized spacial score (nSPS) is 28.4. The molecule has 1 heterocycles. The highest BCUT2D eigenvalue weighted by Crippen LogP contribution is 2.29. The maximum absolute atomic E-state index is 3.75. The Hall–Kier alpha value is -0.0800. The molecule has 1 aliphatic carbocycles. The zero-order valence-corrected chi connectivity index (χ0v) is 14.3. The van der Waals surface area contributed by atoms with Crippen LogP contribution in [-0.4, -0.2) is 37.1 Å². The smallest absolute Gasteiger partial charge is 0.00684 e. The van der Waals surface area contributed by atoms with Crippen molar-refractivity contribution in [3.8, 4) is 0 Å². The molecule has 0 amide bonds. The van der Waals surface area contributed by atoms with Crippen molar-refractivity contribution >= 4 is 0 Å². The molecular formula is C18H36N2. The van der Waals surface area contributed by atoms with Crippen LogP contribution >= 0.6 is 0 Å². The van der Waals surface area contributed by atoms with Crippen LogP contribution in [-0.2, 0) is 0 Å². The molecule has 2 unspecified atom stereocenters. The molecule has 0 radical (unpaired) electrons. The fourth-order valence-corrected chi connectivity index (χ4v) is 3.52. The molecule has 1 aliphatic heterocycles. The van der Waals surface area contributed by atoms with E-state index < -0.39 is 0 Å². The summed E-state index contributed by atoms with van der Waals surface area (Å²) in [6, 6.07) is 0.843. The minimum atomic E-state index is 0.459. The average molecular weight is 280 g/mol. The van der Waals surface area contributed by atoms with Gasteiger partial charge < -0.3 is 10.2 Å². The standard InChI is InChI=1S/C18H36N2/c1-5-18(4,13-19-17-8-9-17)14-20-11-6-7-16(10-12-20)15(2)3/h15-17,19H,5-14H2,1-4H3. The Kier molecular flexibility index (Phi) is 5.92. The van der Waals surface area contributed by atoms with Crippen molar-refractivity contribution in [2.24, 2.45) is 17.3 Å². The van der Waals surface area contributed by atoms with E-state index in [1.807, 2.05) is 0 Å². The molecule has 0 aromatic carbocycles. The predicted octanol–water partition coefficient (Wildman–Crippen LogP) is 3.91. The van der Waals surface area contributed by atoms with Crippen LogP contribution in [0.4, 0.5) is 0 Å². The second-order valence-electron chi connectivity index (χ2n) is 8.03. The van der Waals surface area contributed by atoms with Gasteiger partial charge in [-0.1, -0.05) is 27.7 Å². The van der Waals surface area contributed by atoms with Gasteiger partial charge in [0.1, 0.15) is 0 Å². The first-order valence-electron chi connectivity index (χ1n) is 8.98. The molecule has 1 saturated heterocycles. The van der Waals surface area contributed by atoms with Gasteiger partial charge in [0.05, 0.1) is 0 Å². The number of rotatable bonds is 7. The van der Waals surface area contributed by atoms with E-state index in [0.717, 1.165) is 17.9 Å². The third-order valence-corrected chi connectivity index (χ3v) is 5.66. The molecule has 0 aromatic heterocycles. The summed E-state index contributed by atoms with van der Waals surface area (Å²) in [5.41, 5.74) is 0.459. The lowest BCUT2D eigenvalue weighted by molar-refractivity contribution is 0.156. The number of nitrogens with zero attached hydrogens (tertiary/aromatic N) is 1. The van der Waals surface area contributed by atoms with Gasteiger partial charge in [-0.3, -0.25) is 0 Å². The number of hydrogen-bond acceptors (Lipinski definition) is 2. The fourth-order valence-electron chi connectivity index (χ4n) is 3.52. The molecule has 0 spiro atoms. The molecule has 1 N–H and O–H groups in total. The first kappa shape index (κ1) is 16.3. The fraction of sp³-hybridized carbons (Fsp3) is 1.00. The molecule has 20 heavy (non-hydrogen) atoms. The lowest BCUT2D eigenvalue weighted by Gasteiger charge is -2.35. The molecule has 2 fully saturated rings. The largest absolute Gasteiger partial charge is 0.313 e. The summed E-state index contributed by atoms with van der Waals surface area (Å²) in [6.07, 6.45) is 8.35. The second-order valence-corrected chi connectivity index (χ2v) is 8.03. The maximum Gasteiger partial charge on any atom is 0.00684 e. The van der Waals surface area contributed by atoms with Crippen molar-refractivity contribution in [2.45, 2.75) is 72.3 Å². The molecule has 0 bridgehead atoms. The van der Waals surface area contributed by atoms with Gasteiger partial charge in [-0.15, -0.1) is 0 Å². The van der Waals surface area contributed by atoms with Gasteiger partial charge in [0.15, 0.2) is 0 Å². The molecule has 2 heteroatoms. The summed E-state index contributed by atoms with van der Waals surface area (Å²) in [7, 11) is 0. The van der Waals surface area contributed by atoms with Crippen molar-refractivity contribution in [2.75, 3.05) is 26.2 Å². The van der Waals surface area contributed by atoms with E-state index in [0.29, 0.717) is 5.41 Å². The zero-order chi connectivity index (χ0) is 14.6. The molecule has 2 aliphatic rings. The monoisotopic (exact) mass is 280 g/mol. The third-order valence-electron chi connectivity index (χ3n) is 5.66. The first-order valence-corrected chi connectivity index (χ1v) is 8.98. The van der Waals surface area contributed by atoms with Gasteiger partial charge in [0.2, 0.25) is 0 Å². The van der Waals surface area contributed by atoms with E-state index >= 15 is 0 Å². The van der Waals surface area contributed by atoms with E-state index in [9.17, 15) is 0 Å². The highest BCUT2D eigenvalue weighted by molar-refractivity contribution is 4.87. The Bertz CT molecular complexity index is 285. The lowest BCUT2D eigenvalue weighted by atomic mass is 9.86. The van der Waals surface area contributed by atoms with Crippen LogP contribution in [0.3, 0.4) is 0 Å². The Morgan fingerprint density at radius 1 is 1.15 bits per heavy atom. The van der Waals surface area contributed by atoms with Gasteiger partial charge >= 0.3 is 0 Å². The second kappa shape index (κ2) is 7.26. The zero-order valence-electron chi connectivity index (χ0n) is 14.3. The molecule has 0 aromatic rings. The Morgan fingerprint density at radius 3 is 2.50 bits per heavy atom. The number of likely N-dealkylation sites (tertiary alicyclic amines) is 1. The van der Waals surface area contributed by atoms with Crippen LogP contribution < -0.4 is 5.32 Å². The third kappa shape index (κ3) is 5.04. The minimum Gasteiger partial charge on any atom is -0.313 e. The van der Waals surface area contributed by atoms with Gasteiger partial charge in [0, 0.05) is 19.1 Å². The van der Waals surface area contributed by atoms with Crippen molar-refractivity contribution in [1.29, 1.82) is 0 Å². The molecule has 2 rings (SSSR count). The van der Waals surface area contributed by atoms with Gasteiger partial charge in [-0.25, -0.2) is 0 Å². The van der Waals surface area contributed by atoms with Crippen LogP contribution in [0.25, 0.3) is 0 Å². The summed E-state index contributed by atoms with van der Waals surface area (Å²) < 4.78 is 0. The summed E-state index contributed by atoms with van der Waals surface area (Å²) in [5, 5.41) is 3.75. The van der Waals surface area contributed by atoms with Crippen molar-refractivity contribution in [3.63, 3.8) is 0 Å². The van der Waals surface area contributed by atoms with Gasteiger partial charge in [-0.05, 0) is 68.9 Å². The highest BCUT2D eigenvalue weighted by atomic mass is 15.1. The quantitative estimate of drug-likeness (QED) is 0.760. The first-order chi connectivity index (χ1) is 9.52. The van der Waals surface area contributed by atoms with Gasteiger partial charge in [0.25, 0.3) is 0 Å². The lowest BCUT2D eigenvalue weighted by Crippen LogP contribution is -2.43. The van der Waals surface area contributed by atoms with Crippen LogP contribution in [0.5, 0.6) is 0 Å². The SMILES string of the molecule is CCC(C)(CNC1CC1)CN1CCCC(C(C)C)CC1. The van der Waals surface area contributed by atoms with E-state index in [4.69, 9.17) is 0 Å². The summed E-state index contributed by atoms with van der Waals surface area (Å²) in [5.74, 6) is 1.82. The molecule has 2 atom stereocenters. The van der Waals surface area contributed by atoms with E-state index in [1.54, 1.807) is 0 Å². The number of hydrogen-bond donors (Lipinski definition) is 1. The van der Waals surface area contributed by atoms with Crippen molar-refractivity contribution < 1.29 is 0 Å². The van der Waals surface area contributed by atoms with Crippen LogP contribution in [0.15, 0.2) is 0 Å². The maximum atomic E-state index is 3.75. The van der Waals surface area contributed by atoms with Crippen LogP contribution in [0, 0.1) is 17.3 Å². The van der Waals surface area contributed by atoms with Crippen molar-refractivity contribution in [1.82, 2.24) is 10.2 Å². The molecule has 2 nitrogen and oxygen atoms in total. The van der Waals surface area contributed by atoms with Crippen LogP contribution in [0.2, 0.25) is 0 Å². The highest BCUT2D eigenvalue weighted by Gasteiger charge is 2.30. The Morgan fingerprint density at radius 2 is 1.90 bits per heavy atom. The number of nitrogens with one attached hydrogen (secondary N) is 1. The van der Waals surface area contributed by atoms with E-state index in [2.05, 4.69) is 37.9 Å². The minimum absolute atomic E-state index is 0.459. The summed E-state index contributed by atoms with van der Waals surface area (Å²) >= 11 is 0. The van der Waals surface area contributed by atoms with Gasteiger partial charge in [-0.2, -0.15) is 0 Å². The van der Waals surface area contributed by atoms with Crippen LogP contribution in [0.1, 0.15) is 66.2 Å². The summed E-state index contributed by atoms with van der Waals surface area (Å²) in [6.45, 7) is 14.8. The van der Waals surface area contributed by atoms with E-state index in [1.165, 1.54) is 64.7 Å². The molecule has 118 valence electrons. The summed E-state index contributed by atoms with van der Waals surface area (Å²) in [4.78, 5) is 2.75.